The number of imidazole rings is 1. The topological polar surface area (TPSA) is 69.8 Å². The molecule has 0 aromatic carbocycles. The third kappa shape index (κ3) is 4.44. The Bertz CT molecular complexity index is 326. The summed E-state index contributed by atoms with van der Waals surface area (Å²) in [5.41, 5.74) is -0.197. The minimum absolute atomic E-state index is 0.000874. The number of hydrogen-bond donors (Lipinski definition) is 3. The van der Waals surface area contributed by atoms with E-state index in [2.05, 4.69) is 20.6 Å². The molecule has 1 aromatic rings. The predicted octanol–water partition coefficient (Wildman–Crippen LogP) is 0.802. The van der Waals surface area contributed by atoms with Gasteiger partial charge < -0.3 is 10.3 Å². The second-order valence-corrected chi connectivity index (χ2v) is 4.88. The summed E-state index contributed by atoms with van der Waals surface area (Å²) in [6.07, 6.45) is 3.45. The number of hydrogen-bond acceptors (Lipinski definition) is 3. The molecule has 0 bridgehead atoms. The maximum Gasteiger partial charge on any atom is 0.237 e. The maximum absolute atomic E-state index is 11.7. The highest BCUT2D eigenvalue weighted by Gasteiger charge is 2.18. The van der Waals surface area contributed by atoms with Gasteiger partial charge in [0.25, 0.3) is 0 Å². The summed E-state index contributed by atoms with van der Waals surface area (Å²) in [7, 11) is 0. The molecule has 0 saturated heterocycles. The van der Waals surface area contributed by atoms with Crippen LogP contribution in [0.15, 0.2) is 12.4 Å². The van der Waals surface area contributed by atoms with Gasteiger partial charge in [-0.3, -0.25) is 10.1 Å². The molecule has 1 amide bonds. The van der Waals surface area contributed by atoms with E-state index in [-0.39, 0.29) is 17.5 Å². The van der Waals surface area contributed by atoms with Gasteiger partial charge in [-0.05, 0) is 27.7 Å². The van der Waals surface area contributed by atoms with E-state index in [1.165, 1.54) is 0 Å². The highest BCUT2D eigenvalue weighted by molar-refractivity contribution is 5.81. The lowest BCUT2D eigenvalue weighted by molar-refractivity contribution is -0.124. The van der Waals surface area contributed by atoms with Crippen LogP contribution in [0.2, 0.25) is 0 Å². The van der Waals surface area contributed by atoms with Gasteiger partial charge in [0.05, 0.1) is 12.6 Å². The molecule has 3 N–H and O–H groups in total. The number of H-pyrrole nitrogens is 1. The molecule has 1 atom stereocenters. The molecule has 0 aliphatic rings. The normalized spacial score (nSPS) is 13.5. The molecule has 1 heterocycles. The highest BCUT2D eigenvalue weighted by Crippen LogP contribution is 1.99. The first-order valence-corrected chi connectivity index (χ1v) is 5.42. The molecule has 0 fully saturated rings. The Morgan fingerprint density at radius 1 is 1.56 bits per heavy atom. The molecule has 0 spiro atoms. The number of rotatable bonds is 4. The number of carbonyl (C=O) groups is 1. The molecule has 16 heavy (non-hydrogen) atoms. The van der Waals surface area contributed by atoms with Crippen LogP contribution >= 0.6 is 0 Å². The fourth-order valence-electron chi connectivity index (χ4n) is 1.21. The number of nitrogens with one attached hydrogen (secondary N) is 3. The van der Waals surface area contributed by atoms with Gasteiger partial charge in [0, 0.05) is 17.9 Å². The summed E-state index contributed by atoms with van der Waals surface area (Å²) in [5, 5.41) is 6.02. The van der Waals surface area contributed by atoms with Crippen LogP contribution in [0.4, 0.5) is 0 Å². The number of aromatic amines is 1. The van der Waals surface area contributed by atoms with Crippen molar-refractivity contribution in [3.05, 3.63) is 18.2 Å². The molecule has 5 heteroatoms. The summed E-state index contributed by atoms with van der Waals surface area (Å²) in [6.45, 7) is 8.29. The van der Waals surface area contributed by atoms with Gasteiger partial charge in [0.2, 0.25) is 5.91 Å². The zero-order valence-electron chi connectivity index (χ0n) is 10.3. The standard InChI is InChI=1S/C11H20N4O/c1-8(10(16)15-11(2,3)4)14-7-9-12-5-6-13-9/h5-6,8,14H,7H2,1-4H3,(H,12,13)(H,15,16). The second-order valence-electron chi connectivity index (χ2n) is 4.88. The average Bonchev–Trinajstić information content (AvgIpc) is 2.63. The van der Waals surface area contributed by atoms with Crippen molar-refractivity contribution in [3.8, 4) is 0 Å². The fraction of sp³-hybridized carbons (Fsp3) is 0.636. The first kappa shape index (κ1) is 12.7. The van der Waals surface area contributed by atoms with Crippen molar-refractivity contribution in [1.82, 2.24) is 20.6 Å². The van der Waals surface area contributed by atoms with Crippen LogP contribution in [0.25, 0.3) is 0 Å². The summed E-state index contributed by atoms with van der Waals surface area (Å²) in [4.78, 5) is 18.8. The van der Waals surface area contributed by atoms with Gasteiger partial charge in [-0.15, -0.1) is 0 Å². The predicted molar refractivity (Wildman–Crippen MR) is 62.8 cm³/mol. The first-order valence-electron chi connectivity index (χ1n) is 5.42. The molecule has 1 aromatic heterocycles. The van der Waals surface area contributed by atoms with Gasteiger partial charge in [-0.25, -0.2) is 4.98 Å². The molecular weight excluding hydrogens is 204 g/mol. The zero-order valence-corrected chi connectivity index (χ0v) is 10.3. The van der Waals surface area contributed by atoms with Crippen molar-refractivity contribution in [2.45, 2.75) is 45.8 Å². The van der Waals surface area contributed by atoms with E-state index in [9.17, 15) is 4.79 Å². The van der Waals surface area contributed by atoms with Crippen molar-refractivity contribution >= 4 is 5.91 Å². The lowest BCUT2D eigenvalue weighted by Gasteiger charge is -2.23. The van der Waals surface area contributed by atoms with Gasteiger partial charge >= 0.3 is 0 Å². The Balaban J connectivity index is 2.35. The van der Waals surface area contributed by atoms with Gasteiger partial charge in [-0.2, -0.15) is 0 Å². The van der Waals surface area contributed by atoms with E-state index in [0.717, 1.165) is 5.82 Å². The van der Waals surface area contributed by atoms with E-state index < -0.39 is 0 Å². The minimum atomic E-state index is -0.232. The Kier molecular flexibility index (Phi) is 4.06. The highest BCUT2D eigenvalue weighted by atomic mass is 16.2. The van der Waals surface area contributed by atoms with Crippen molar-refractivity contribution in [2.24, 2.45) is 0 Å². The van der Waals surface area contributed by atoms with Crippen molar-refractivity contribution < 1.29 is 4.79 Å². The van der Waals surface area contributed by atoms with Crippen molar-refractivity contribution in [2.75, 3.05) is 0 Å². The van der Waals surface area contributed by atoms with E-state index >= 15 is 0 Å². The number of nitrogens with zero attached hydrogens (tertiary/aromatic N) is 1. The van der Waals surface area contributed by atoms with E-state index in [0.29, 0.717) is 6.54 Å². The Hall–Kier alpha value is -1.36. The van der Waals surface area contributed by atoms with Crippen LogP contribution in [0.1, 0.15) is 33.5 Å². The zero-order chi connectivity index (χ0) is 12.2. The quantitative estimate of drug-likeness (QED) is 0.708. The molecular formula is C11H20N4O. The third-order valence-corrected chi connectivity index (χ3v) is 2.02. The smallest absolute Gasteiger partial charge is 0.237 e. The molecule has 0 aliphatic heterocycles. The van der Waals surface area contributed by atoms with Crippen molar-refractivity contribution in [1.29, 1.82) is 0 Å². The van der Waals surface area contributed by atoms with E-state index in [1.807, 2.05) is 27.7 Å². The Morgan fingerprint density at radius 2 is 2.25 bits per heavy atom. The van der Waals surface area contributed by atoms with Crippen molar-refractivity contribution in [3.63, 3.8) is 0 Å². The lowest BCUT2D eigenvalue weighted by atomic mass is 10.1. The maximum atomic E-state index is 11.7. The van der Waals surface area contributed by atoms with Crippen LogP contribution in [0, 0.1) is 0 Å². The molecule has 0 saturated carbocycles. The number of carbonyl (C=O) groups excluding carboxylic acids is 1. The third-order valence-electron chi connectivity index (χ3n) is 2.02. The largest absolute Gasteiger partial charge is 0.350 e. The second kappa shape index (κ2) is 5.12. The monoisotopic (exact) mass is 224 g/mol. The van der Waals surface area contributed by atoms with Crippen LogP contribution in [-0.4, -0.2) is 27.5 Å². The summed E-state index contributed by atoms with van der Waals surface area (Å²) < 4.78 is 0. The molecule has 0 aliphatic carbocycles. The van der Waals surface area contributed by atoms with Crippen LogP contribution in [-0.2, 0) is 11.3 Å². The average molecular weight is 224 g/mol. The number of amides is 1. The summed E-state index contributed by atoms with van der Waals surface area (Å²) in [5.74, 6) is 0.828. The number of aromatic nitrogens is 2. The fourth-order valence-corrected chi connectivity index (χ4v) is 1.21. The van der Waals surface area contributed by atoms with Gasteiger partial charge in [-0.1, -0.05) is 0 Å². The lowest BCUT2D eigenvalue weighted by Crippen LogP contribution is -2.49. The minimum Gasteiger partial charge on any atom is -0.350 e. The van der Waals surface area contributed by atoms with Crippen LogP contribution in [0.3, 0.4) is 0 Å². The SMILES string of the molecule is CC(NCc1ncc[nH]1)C(=O)NC(C)(C)C. The molecule has 0 radical (unpaired) electrons. The summed E-state index contributed by atoms with van der Waals surface area (Å²) in [6, 6.07) is -0.232. The molecule has 90 valence electrons. The van der Waals surface area contributed by atoms with E-state index in [1.54, 1.807) is 12.4 Å². The van der Waals surface area contributed by atoms with Gasteiger partial charge in [0.15, 0.2) is 0 Å². The first-order chi connectivity index (χ1) is 7.38. The van der Waals surface area contributed by atoms with Gasteiger partial charge in [0.1, 0.15) is 5.82 Å². The van der Waals surface area contributed by atoms with Crippen LogP contribution < -0.4 is 10.6 Å². The Morgan fingerprint density at radius 3 is 2.75 bits per heavy atom. The van der Waals surface area contributed by atoms with Crippen LogP contribution in [0.5, 0.6) is 0 Å². The Labute approximate surface area is 96.0 Å². The van der Waals surface area contributed by atoms with E-state index in [4.69, 9.17) is 0 Å². The molecule has 5 nitrogen and oxygen atoms in total. The molecule has 1 unspecified atom stereocenters. The molecule has 1 rings (SSSR count). The summed E-state index contributed by atoms with van der Waals surface area (Å²) >= 11 is 0.